The molecule has 0 saturated heterocycles. The number of nitrogens with one attached hydrogen (secondary N) is 2. The van der Waals surface area contributed by atoms with Gasteiger partial charge in [0.1, 0.15) is 0 Å². The number of alkyl halides is 10. The summed E-state index contributed by atoms with van der Waals surface area (Å²) in [6.45, 7) is -3.39. The minimum atomic E-state index is -7.86. The van der Waals surface area contributed by atoms with Crippen molar-refractivity contribution in [2.45, 2.75) is 29.6 Å². The van der Waals surface area contributed by atoms with Crippen molar-refractivity contribution in [3.05, 3.63) is 0 Å². The molecule has 0 aromatic heterocycles. The van der Waals surface area contributed by atoms with Crippen LogP contribution in [-0.4, -0.2) is 92.0 Å². The van der Waals surface area contributed by atoms with Gasteiger partial charge in [-0.1, -0.05) is 0 Å². The Morgan fingerprint density at radius 1 is 0.571 bits per heavy atom. The van der Waals surface area contributed by atoms with Crippen LogP contribution in [0.1, 0.15) is 0 Å². The molecule has 2 amide bonds. The Morgan fingerprint density at radius 2 is 0.800 bits per heavy atom. The van der Waals surface area contributed by atoms with Gasteiger partial charge >= 0.3 is 88.7 Å². The van der Waals surface area contributed by atoms with Crippen LogP contribution >= 0.6 is 0 Å². The molecule has 0 atom stereocenters. The van der Waals surface area contributed by atoms with E-state index in [9.17, 15) is 79.4 Å². The molecule has 0 aliphatic heterocycles. The number of halogens is 10. The fourth-order valence-electron chi connectivity index (χ4n) is 1.68. The van der Waals surface area contributed by atoms with Crippen LogP contribution in [-0.2, 0) is 29.8 Å². The van der Waals surface area contributed by atoms with E-state index in [1.54, 1.807) is 0 Å². The third-order valence-corrected chi connectivity index (χ3v) is 4.83. The fraction of sp³-hybridized carbons (Fsp3) is 0.818. The molecule has 0 radical (unpaired) electrons. The summed E-state index contributed by atoms with van der Waals surface area (Å²) in [4.78, 5) is 22.0. The maximum atomic E-state index is 13.6. The summed E-state index contributed by atoms with van der Waals surface area (Å²) >= 11 is 0. The summed E-state index contributed by atoms with van der Waals surface area (Å²) in [6.07, 6.45) is 0. The third-order valence-electron chi connectivity index (χ3n) is 3.42. The Morgan fingerprint density at radius 3 is 1.00 bits per heavy atom. The van der Waals surface area contributed by atoms with E-state index in [-0.39, 0.29) is 59.1 Å². The van der Waals surface area contributed by atoms with E-state index in [2.05, 4.69) is 0 Å². The maximum Gasteiger partial charge on any atom is 1.00 e. The van der Waals surface area contributed by atoms with Gasteiger partial charge in [0.15, 0.2) is 0 Å². The van der Waals surface area contributed by atoms with Crippen LogP contribution in [0.3, 0.4) is 0 Å². The largest absolute Gasteiger partial charge is 1.00 e. The van der Waals surface area contributed by atoms with E-state index < -0.39 is 86.3 Å². The number of amides is 2. The molecule has 24 heteroatoms. The van der Waals surface area contributed by atoms with E-state index in [1.165, 1.54) is 0 Å². The van der Waals surface area contributed by atoms with Gasteiger partial charge in [0, 0.05) is 13.1 Å². The van der Waals surface area contributed by atoms with Crippen molar-refractivity contribution in [2.75, 3.05) is 24.6 Å². The monoisotopic (exact) mass is 598 g/mol. The summed E-state index contributed by atoms with van der Waals surface area (Å²) < 4.78 is 197. The maximum absolute atomic E-state index is 13.6. The molecule has 196 valence electrons. The normalized spacial score (nSPS) is 13.8. The van der Waals surface area contributed by atoms with Crippen LogP contribution in [0.5, 0.6) is 0 Å². The fourth-order valence-corrected chi connectivity index (χ4v) is 2.38. The molecule has 0 rings (SSSR count). The second-order valence-electron chi connectivity index (χ2n) is 5.91. The van der Waals surface area contributed by atoms with Crippen LogP contribution in [0.25, 0.3) is 0 Å². The van der Waals surface area contributed by atoms with E-state index in [1.807, 2.05) is 0 Å². The topological polar surface area (TPSA) is 173 Å². The second-order valence-corrected chi connectivity index (χ2v) is 8.95. The summed E-state index contributed by atoms with van der Waals surface area (Å²) in [5.41, 5.74) is 0. The van der Waals surface area contributed by atoms with Crippen molar-refractivity contribution in [1.82, 2.24) is 10.6 Å². The van der Waals surface area contributed by atoms with Crippen LogP contribution in [0.4, 0.5) is 43.9 Å². The Bertz CT molecular complexity index is 903. The summed E-state index contributed by atoms with van der Waals surface area (Å²) in [7, 11) is -10.5. The van der Waals surface area contributed by atoms with Gasteiger partial charge in [-0.15, -0.1) is 0 Å². The first-order valence-corrected chi connectivity index (χ1v) is 10.7. The number of carbonyl (C=O) groups excluding carboxylic acids is 2. The summed E-state index contributed by atoms with van der Waals surface area (Å²) in [5, 5.41) is 1.07. The van der Waals surface area contributed by atoms with E-state index in [0.29, 0.717) is 10.6 Å². The van der Waals surface area contributed by atoms with E-state index >= 15 is 0 Å². The average molecular weight is 598 g/mol. The average Bonchev–Trinajstić information content (AvgIpc) is 2.58. The predicted octanol–water partition coefficient (Wildman–Crippen LogP) is -6.51. The van der Waals surface area contributed by atoms with Crippen LogP contribution in [0, 0.1) is 0 Å². The van der Waals surface area contributed by atoms with Crippen molar-refractivity contribution in [3.8, 4) is 0 Å². The summed E-state index contributed by atoms with van der Waals surface area (Å²) in [6, 6.07) is 0. The molecule has 0 aliphatic carbocycles. The zero-order valence-corrected chi connectivity index (χ0v) is 22.8. The van der Waals surface area contributed by atoms with Gasteiger partial charge in [-0.2, -0.15) is 43.9 Å². The number of hydrogen-bond donors (Lipinski definition) is 2. The number of rotatable bonds is 12. The SMILES string of the molecule is O=C(NCCS(=O)(=O)[O-])C(F)(F)C(F)(F)C(F)(F)C(F)(F)C(F)(F)C(=O)NCCS(=O)(=O)[O-].[Na+].[Na+]. The Hall–Kier alpha value is 0.0600. The van der Waals surface area contributed by atoms with Crippen molar-refractivity contribution >= 4 is 32.1 Å². The van der Waals surface area contributed by atoms with E-state index in [0.717, 1.165) is 0 Å². The Kier molecular flexibility index (Phi) is 14.4. The molecule has 0 heterocycles. The zero-order valence-electron chi connectivity index (χ0n) is 17.2. The summed E-state index contributed by atoms with van der Waals surface area (Å²) in [5.74, 6) is -47.7. The first kappa shape index (κ1) is 39.6. The number of hydrogen-bond acceptors (Lipinski definition) is 8. The molecule has 10 nitrogen and oxygen atoms in total. The quantitative estimate of drug-likeness (QED) is 0.127. The molecule has 0 saturated carbocycles. The van der Waals surface area contributed by atoms with Crippen LogP contribution < -0.4 is 69.7 Å². The van der Waals surface area contributed by atoms with Gasteiger partial charge in [0.25, 0.3) is 11.8 Å². The second kappa shape index (κ2) is 12.7. The standard InChI is InChI=1S/C11H12F10N2O8S2.2Na/c12-7(13,5(24)22-1-3-32(26,27)28)9(16,17)11(20,21)10(18,19)8(14,15)6(25)23-2-4-33(29,30)31;;/h1-4H2,(H,22,24)(H,23,25)(H,26,27,28)(H,29,30,31);;/q;2*+1/p-2. The molecular formula is C11H10F10N2Na2O8S2. The first-order chi connectivity index (χ1) is 14.3. The van der Waals surface area contributed by atoms with Crippen molar-refractivity contribution < 1.29 is 139 Å². The molecule has 35 heavy (non-hydrogen) atoms. The van der Waals surface area contributed by atoms with E-state index in [4.69, 9.17) is 0 Å². The Labute approximate surface area is 234 Å². The first-order valence-electron chi connectivity index (χ1n) is 7.58. The predicted molar refractivity (Wildman–Crippen MR) is 79.9 cm³/mol. The zero-order chi connectivity index (χ0) is 26.9. The van der Waals surface area contributed by atoms with Gasteiger partial charge in [-0.3, -0.25) is 9.59 Å². The molecule has 0 bridgehead atoms. The van der Waals surface area contributed by atoms with Gasteiger partial charge < -0.3 is 19.7 Å². The molecule has 0 spiro atoms. The molecular weight excluding hydrogens is 588 g/mol. The molecule has 0 aromatic rings. The van der Waals surface area contributed by atoms with Gasteiger partial charge in [-0.05, 0) is 0 Å². The van der Waals surface area contributed by atoms with Gasteiger partial charge in [0.05, 0.1) is 31.7 Å². The van der Waals surface area contributed by atoms with Gasteiger partial charge in [0.2, 0.25) is 0 Å². The molecule has 2 N–H and O–H groups in total. The Balaban J connectivity index is -0.00000512. The van der Waals surface area contributed by atoms with Gasteiger partial charge in [-0.25, -0.2) is 16.8 Å². The third kappa shape index (κ3) is 9.09. The van der Waals surface area contributed by atoms with Crippen molar-refractivity contribution in [1.29, 1.82) is 0 Å². The van der Waals surface area contributed by atoms with Crippen molar-refractivity contribution in [3.63, 3.8) is 0 Å². The molecule has 0 aromatic carbocycles. The molecule has 0 unspecified atom stereocenters. The number of carbonyl (C=O) groups is 2. The van der Waals surface area contributed by atoms with Crippen LogP contribution in [0.2, 0.25) is 0 Å². The smallest absolute Gasteiger partial charge is 0.748 e. The minimum Gasteiger partial charge on any atom is -0.748 e. The minimum absolute atomic E-state index is 0. The molecule has 0 aliphatic rings. The van der Waals surface area contributed by atoms with Crippen molar-refractivity contribution in [2.24, 2.45) is 0 Å². The molecule has 0 fully saturated rings. The van der Waals surface area contributed by atoms with Crippen LogP contribution in [0.15, 0.2) is 0 Å².